The Morgan fingerprint density at radius 3 is 2.56 bits per heavy atom. The first kappa shape index (κ1) is 22.8. The van der Waals surface area contributed by atoms with Crippen LogP contribution in [0.25, 0.3) is 11.0 Å². The maximum atomic E-state index is 13.0. The molecule has 1 saturated heterocycles. The van der Waals surface area contributed by atoms with Crippen LogP contribution in [0.5, 0.6) is 0 Å². The summed E-state index contributed by atoms with van der Waals surface area (Å²) < 4.78 is 2.43. The van der Waals surface area contributed by atoms with Gasteiger partial charge < -0.3 is 9.47 Å². The molecule has 1 unspecified atom stereocenters. The predicted octanol–water partition coefficient (Wildman–Crippen LogP) is 6.51. The van der Waals surface area contributed by atoms with Crippen molar-refractivity contribution in [3.63, 3.8) is 0 Å². The van der Waals surface area contributed by atoms with Crippen LogP contribution >= 0.6 is 12.4 Å². The molecule has 0 N–H and O–H groups in total. The van der Waals surface area contributed by atoms with E-state index in [0.29, 0.717) is 6.42 Å². The molecule has 170 valence electrons. The summed E-state index contributed by atoms with van der Waals surface area (Å²) in [4.78, 5) is 20.1. The van der Waals surface area contributed by atoms with E-state index in [-0.39, 0.29) is 24.2 Å². The maximum absolute atomic E-state index is 13.0. The summed E-state index contributed by atoms with van der Waals surface area (Å²) in [6.07, 6.45) is 9.59. The van der Waals surface area contributed by atoms with Gasteiger partial charge in [-0.3, -0.25) is 4.79 Å². The number of fused-ring (bicyclic) bond motifs is 1. The van der Waals surface area contributed by atoms with Gasteiger partial charge in [0.1, 0.15) is 5.82 Å². The summed E-state index contributed by atoms with van der Waals surface area (Å²) in [5.74, 6) is 2.30. The molecule has 2 fully saturated rings. The van der Waals surface area contributed by atoms with Crippen LogP contribution < -0.4 is 4.90 Å². The van der Waals surface area contributed by atoms with Gasteiger partial charge in [-0.05, 0) is 42.5 Å². The smallest absolute Gasteiger partial charge is 0.227 e. The van der Waals surface area contributed by atoms with Crippen LogP contribution in [0.15, 0.2) is 48.5 Å². The number of aryl methyl sites for hydroxylation is 2. The van der Waals surface area contributed by atoms with Gasteiger partial charge in [-0.2, -0.15) is 0 Å². The minimum atomic E-state index is 0. The number of amides is 1. The predicted molar refractivity (Wildman–Crippen MR) is 134 cm³/mol. The number of carbonyl (C=O) groups is 1. The van der Waals surface area contributed by atoms with Crippen molar-refractivity contribution in [2.24, 2.45) is 5.92 Å². The Labute approximate surface area is 197 Å². The van der Waals surface area contributed by atoms with E-state index < -0.39 is 0 Å². The van der Waals surface area contributed by atoms with Crippen LogP contribution in [0.4, 0.5) is 5.69 Å². The summed E-state index contributed by atoms with van der Waals surface area (Å²) in [6.45, 7) is 3.89. The van der Waals surface area contributed by atoms with Gasteiger partial charge in [0.15, 0.2) is 0 Å². The standard InChI is InChI=1S/C27H33N3O.ClH/c1-2-21-12-6-8-14-24(21)30-19-22(18-26(30)31)27-28-23-13-7-9-15-25(23)29(27)17-16-20-10-4-3-5-11-20;/h6-9,12-15,20,22H,2-5,10-11,16-19H2,1H3;1H. The minimum Gasteiger partial charge on any atom is -0.328 e. The molecule has 1 saturated carbocycles. The van der Waals surface area contributed by atoms with Gasteiger partial charge in [-0.25, -0.2) is 4.98 Å². The van der Waals surface area contributed by atoms with Crippen LogP contribution in [0.2, 0.25) is 0 Å². The molecule has 1 aromatic heterocycles. The SMILES string of the molecule is CCc1ccccc1N1CC(c2nc3ccccc3n2CCC2CCCCC2)CC1=O.Cl. The Morgan fingerprint density at radius 2 is 1.75 bits per heavy atom. The number of benzene rings is 2. The summed E-state index contributed by atoms with van der Waals surface area (Å²) in [7, 11) is 0. The first-order chi connectivity index (χ1) is 15.2. The number of halogens is 1. The number of hydrogen-bond acceptors (Lipinski definition) is 2. The summed E-state index contributed by atoms with van der Waals surface area (Å²) in [5.41, 5.74) is 4.58. The fourth-order valence-electron chi connectivity index (χ4n) is 5.61. The maximum Gasteiger partial charge on any atom is 0.227 e. The van der Waals surface area contributed by atoms with Crippen LogP contribution in [-0.4, -0.2) is 22.0 Å². The first-order valence-corrected chi connectivity index (χ1v) is 12.1. The van der Waals surface area contributed by atoms with E-state index in [4.69, 9.17) is 4.98 Å². The Hall–Kier alpha value is -2.33. The molecule has 2 aromatic carbocycles. The zero-order valence-corrected chi connectivity index (χ0v) is 19.8. The molecule has 0 spiro atoms. The lowest BCUT2D eigenvalue weighted by atomic mass is 9.87. The highest BCUT2D eigenvalue weighted by Crippen LogP contribution is 2.35. The highest BCUT2D eigenvalue weighted by molar-refractivity contribution is 5.97. The number of rotatable bonds is 6. The molecule has 32 heavy (non-hydrogen) atoms. The Kier molecular flexibility index (Phi) is 7.20. The molecule has 2 heterocycles. The second kappa shape index (κ2) is 10.1. The van der Waals surface area contributed by atoms with Crippen LogP contribution in [-0.2, 0) is 17.8 Å². The molecule has 1 amide bonds. The molecule has 5 heteroatoms. The lowest BCUT2D eigenvalue weighted by Gasteiger charge is -2.23. The molecule has 0 bridgehead atoms. The molecule has 5 rings (SSSR count). The highest BCUT2D eigenvalue weighted by atomic mass is 35.5. The molecule has 2 aliphatic rings. The van der Waals surface area contributed by atoms with Crippen LogP contribution in [0.3, 0.4) is 0 Å². The topological polar surface area (TPSA) is 38.1 Å². The van der Waals surface area contributed by atoms with Gasteiger partial charge in [-0.15, -0.1) is 12.4 Å². The minimum absolute atomic E-state index is 0. The third-order valence-electron chi connectivity index (χ3n) is 7.32. The molecule has 0 radical (unpaired) electrons. The van der Waals surface area contributed by atoms with Crippen LogP contribution in [0, 0.1) is 5.92 Å². The Morgan fingerprint density at radius 1 is 1.00 bits per heavy atom. The molecule has 3 aromatic rings. The third kappa shape index (κ3) is 4.43. The van der Waals surface area contributed by atoms with Gasteiger partial charge in [0, 0.05) is 31.1 Å². The third-order valence-corrected chi connectivity index (χ3v) is 7.32. The average Bonchev–Trinajstić information content (AvgIpc) is 3.38. The second-order valence-corrected chi connectivity index (χ2v) is 9.29. The molecular formula is C27H34ClN3O. The Balaban J connectivity index is 0.00000245. The van der Waals surface area contributed by atoms with Crippen molar-refractivity contribution in [1.29, 1.82) is 0 Å². The van der Waals surface area contributed by atoms with E-state index in [9.17, 15) is 4.79 Å². The average molecular weight is 452 g/mol. The molecule has 1 aliphatic heterocycles. The largest absolute Gasteiger partial charge is 0.328 e. The fraction of sp³-hybridized carbons (Fsp3) is 0.481. The monoisotopic (exact) mass is 451 g/mol. The number of anilines is 1. The molecule has 1 atom stereocenters. The summed E-state index contributed by atoms with van der Waals surface area (Å²) in [5, 5.41) is 0. The highest BCUT2D eigenvalue weighted by Gasteiger charge is 2.35. The zero-order valence-electron chi connectivity index (χ0n) is 19.0. The van der Waals surface area contributed by atoms with Gasteiger partial charge in [0.25, 0.3) is 0 Å². The Bertz CT molecular complexity index is 1070. The molecular weight excluding hydrogens is 418 g/mol. The molecule has 1 aliphatic carbocycles. The van der Waals surface area contributed by atoms with Gasteiger partial charge in [0.2, 0.25) is 5.91 Å². The van der Waals surface area contributed by atoms with Crippen molar-refractivity contribution in [2.45, 2.75) is 70.8 Å². The van der Waals surface area contributed by atoms with Crippen LogP contribution in [0.1, 0.15) is 69.2 Å². The number of carbonyl (C=O) groups excluding carboxylic acids is 1. The number of aromatic nitrogens is 2. The van der Waals surface area contributed by atoms with Crippen molar-refractivity contribution in [1.82, 2.24) is 9.55 Å². The summed E-state index contributed by atoms with van der Waals surface area (Å²) >= 11 is 0. The van der Waals surface area contributed by atoms with E-state index in [1.54, 1.807) is 0 Å². The first-order valence-electron chi connectivity index (χ1n) is 12.1. The normalized spacial score (nSPS) is 19.5. The van der Waals surface area contributed by atoms with Gasteiger partial charge in [-0.1, -0.05) is 69.4 Å². The van der Waals surface area contributed by atoms with Crippen molar-refractivity contribution in [3.05, 3.63) is 59.9 Å². The lowest BCUT2D eigenvalue weighted by Crippen LogP contribution is -2.25. The number of imidazole rings is 1. The second-order valence-electron chi connectivity index (χ2n) is 9.29. The van der Waals surface area contributed by atoms with Gasteiger partial charge in [0.05, 0.1) is 11.0 Å². The lowest BCUT2D eigenvalue weighted by molar-refractivity contribution is -0.117. The summed E-state index contributed by atoms with van der Waals surface area (Å²) in [6, 6.07) is 16.8. The number of nitrogens with zero attached hydrogens (tertiary/aromatic N) is 3. The van der Waals surface area contributed by atoms with E-state index >= 15 is 0 Å². The quantitative estimate of drug-likeness (QED) is 0.428. The van der Waals surface area contributed by atoms with Crippen molar-refractivity contribution < 1.29 is 4.79 Å². The fourth-order valence-corrected chi connectivity index (χ4v) is 5.61. The van der Waals surface area contributed by atoms with E-state index in [1.165, 1.54) is 49.6 Å². The van der Waals surface area contributed by atoms with E-state index in [0.717, 1.165) is 42.5 Å². The number of hydrogen-bond donors (Lipinski definition) is 0. The van der Waals surface area contributed by atoms with E-state index in [1.807, 2.05) is 11.0 Å². The number of para-hydroxylation sites is 3. The van der Waals surface area contributed by atoms with Crippen molar-refractivity contribution >= 4 is 35.0 Å². The molecule has 4 nitrogen and oxygen atoms in total. The van der Waals surface area contributed by atoms with Crippen molar-refractivity contribution in [2.75, 3.05) is 11.4 Å². The van der Waals surface area contributed by atoms with Crippen molar-refractivity contribution in [3.8, 4) is 0 Å². The van der Waals surface area contributed by atoms with Gasteiger partial charge >= 0.3 is 0 Å². The zero-order chi connectivity index (χ0) is 21.2. The van der Waals surface area contributed by atoms with E-state index in [2.05, 4.69) is 54.0 Å².